The van der Waals surface area contributed by atoms with Gasteiger partial charge in [-0.15, -0.1) is 0 Å². The molecule has 0 spiro atoms. The summed E-state index contributed by atoms with van der Waals surface area (Å²) in [5, 5.41) is 13.2. The molecule has 0 saturated heterocycles. The summed E-state index contributed by atoms with van der Waals surface area (Å²) in [7, 11) is 1.67. The first-order chi connectivity index (χ1) is 7.79. The molecule has 0 heterocycles. The van der Waals surface area contributed by atoms with E-state index in [9.17, 15) is 5.11 Å². The molecule has 0 aliphatic carbocycles. The fraction of sp³-hybridized carbons (Fsp3) is 0.538. The van der Waals surface area contributed by atoms with Crippen LogP contribution >= 0.6 is 0 Å². The Morgan fingerprint density at radius 2 is 2.12 bits per heavy atom. The maximum Gasteiger partial charge on any atom is 0.0917 e. The fourth-order valence-electron chi connectivity index (χ4n) is 1.67. The first-order valence-electron chi connectivity index (χ1n) is 5.75. The van der Waals surface area contributed by atoms with Crippen LogP contribution < -0.4 is 5.32 Å². The van der Waals surface area contributed by atoms with Crippen LogP contribution in [-0.4, -0.2) is 25.3 Å². The standard InChI is InChI=1S/C13H21NO2/c1-3-8-14-9-13(15)12-7-5-4-6-11(12)10-16-2/h4-7,13-15H,3,8-10H2,1-2H3. The average molecular weight is 223 g/mol. The Hall–Kier alpha value is -0.900. The van der Waals surface area contributed by atoms with Gasteiger partial charge in [-0.2, -0.15) is 0 Å². The molecule has 3 nitrogen and oxygen atoms in total. The van der Waals surface area contributed by atoms with Gasteiger partial charge in [-0.25, -0.2) is 0 Å². The minimum Gasteiger partial charge on any atom is -0.387 e. The Balaban J connectivity index is 2.62. The molecule has 0 saturated carbocycles. The van der Waals surface area contributed by atoms with Gasteiger partial charge in [0.25, 0.3) is 0 Å². The predicted molar refractivity (Wildman–Crippen MR) is 65.3 cm³/mol. The number of aliphatic hydroxyl groups excluding tert-OH is 1. The molecule has 0 fully saturated rings. The van der Waals surface area contributed by atoms with Gasteiger partial charge in [0.1, 0.15) is 0 Å². The first kappa shape index (κ1) is 13.2. The monoisotopic (exact) mass is 223 g/mol. The van der Waals surface area contributed by atoms with Crippen molar-refractivity contribution in [2.45, 2.75) is 26.1 Å². The molecule has 1 aromatic carbocycles. The van der Waals surface area contributed by atoms with Gasteiger partial charge in [0.15, 0.2) is 0 Å². The van der Waals surface area contributed by atoms with Crippen LogP contribution in [0.2, 0.25) is 0 Å². The minimum atomic E-state index is -0.460. The Morgan fingerprint density at radius 1 is 1.38 bits per heavy atom. The Kier molecular flexibility index (Phi) is 6.08. The second-order valence-electron chi connectivity index (χ2n) is 3.85. The molecule has 1 atom stereocenters. The normalized spacial score (nSPS) is 12.7. The van der Waals surface area contributed by atoms with Crippen LogP contribution in [0.5, 0.6) is 0 Å². The van der Waals surface area contributed by atoms with Gasteiger partial charge in [0, 0.05) is 13.7 Å². The number of methoxy groups -OCH3 is 1. The SMILES string of the molecule is CCCNCC(O)c1ccccc1COC. The lowest BCUT2D eigenvalue weighted by atomic mass is 10.0. The quantitative estimate of drug-likeness (QED) is 0.693. The van der Waals surface area contributed by atoms with Crippen molar-refractivity contribution in [3.05, 3.63) is 35.4 Å². The molecule has 16 heavy (non-hydrogen) atoms. The molecule has 3 heteroatoms. The molecule has 0 aromatic heterocycles. The van der Waals surface area contributed by atoms with E-state index in [0.717, 1.165) is 24.1 Å². The van der Waals surface area contributed by atoms with E-state index < -0.39 is 6.10 Å². The molecule has 1 rings (SSSR count). The van der Waals surface area contributed by atoms with Crippen molar-refractivity contribution >= 4 is 0 Å². The summed E-state index contributed by atoms with van der Waals surface area (Å²) in [5.41, 5.74) is 2.00. The topological polar surface area (TPSA) is 41.5 Å². The van der Waals surface area contributed by atoms with Crippen LogP contribution in [0.3, 0.4) is 0 Å². The highest BCUT2D eigenvalue weighted by Gasteiger charge is 2.10. The summed E-state index contributed by atoms with van der Waals surface area (Å²) in [6, 6.07) is 7.84. The lowest BCUT2D eigenvalue weighted by Crippen LogP contribution is -2.22. The number of rotatable bonds is 7. The van der Waals surface area contributed by atoms with Crippen molar-refractivity contribution in [1.82, 2.24) is 5.32 Å². The average Bonchev–Trinajstić information content (AvgIpc) is 2.30. The van der Waals surface area contributed by atoms with Crippen molar-refractivity contribution in [2.24, 2.45) is 0 Å². The van der Waals surface area contributed by atoms with E-state index in [4.69, 9.17) is 4.74 Å². The van der Waals surface area contributed by atoms with E-state index >= 15 is 0 Å². The first-order valence-corrected chi connectivity index (χ1v) is 5.75. The Bertz CT molecular complexity index is 302. The Morgan fingerprint density at radius 3 is 2.81 bits per heavy atom. The van der Waals surface area contributed by atoms with E-state index in [1.165, 1.54) is 0 Å². The van der Waals surface area contributed by atoms with Crippen LogP contribution in [0.15, 0.2) is 24.3 Å². The van der Waals surface area contributed by atoms with Crippen LogP contribution in [0.1, 0.15) is 30.6 Å². The van der Waals surface area contributed by atoms with Crippen LogP contribution in [-0.2, 0) is 11.3 Å². The summed E-state index contributed by atoms with van der Waals surface area (Å²) in [6.07, 6.45) is 0.616. The smallest absolute Gasteiger partial charge is 0.0917 e. The summed E-state index contributed by atoms with van der Waals surface area (Å²) in [6.45, 7) is 4.18. The molecular weight excluding hydrogens is 202 g/mol. The van der Waals surface area contributed by atoms with Crippen molar-refractivity contribution in [3.63, 3.8) is 0 Å². The van der Waals surface area contributed by atoms with Crippen molar-refractivity contribution in [1.29, 1.82) is 0 Å². The Labute approximate surface area is 97.4 Å². The molecule has 0 radical (unpaired) electrons. The minimum absolute atomic E-state index is 0.460. The third kappa shape index (κ3) is 3.93. The molecule has 90 valence electrons. The molecule has 0 aliphatic rings. The van der Waals surface area contributed by atoms with E-state index in [1.54, 1.807) is 7.11 Å². The number of benzene rings is 1. The number of ether oxygens (including phenoxy) is 1. The highest BCUT2D eigenvalue weighted by molar-refractivity contribution is 5.28. The second-order valence-corrected chi connectivity index (χ2v) is 3.85. The molecule has 0 amide bonds. The molecule has 0 aliphatic heterocycles. The summed E-state index contributed by atoms with van der Waals surface area (Å²) < 4.78 is 5.11. The van der Waals surface area contributed by atoms with Crippen LogP contribution in [0.25, 0.3) is 0 Å². The van der Waals surface area contributed by atoms with Crippen molar-refractivity contribution < 1.29 is 9.84 Å². The predicted octanol–water partition coefficient (Wildman–Crippen LogP) is 1.87. The lowest BCUT2D eigenvalue weighted by molar-refractivity contribution is 0.159. The summed E-state index contributed by atoms with van der Waals surface area (Å²) in [5.74, 6) is 0. The van der Waals surface area contributed by atoms with E-state index in [0.29, 0.717) is 13.2 Å². The van der Waals surface area contributed by atoms with E-state index in [-0.39, 0.29) is 0 Å². The molecule has 2 N–H and O–H groups in total. The third-order valence-corrected chi connectivity index (χ3v) is 2.48. The zero-order chi connectivity index (χ0) is 11.8. The largest absolute Gasteiger partial charge is 0.387 e. The summed E-state index contributed by atoms with van der Waals surface area (Å²) in [4.78, 5) is 0. The third-order valence-electron chi connectivity index (χ3n) is 2.48. The number of aliphatic hydroxyl groups is 1. The number of hydrogen-bond acceptors (Lipinski definition) is 3. The van der Waals surface area contributed by atoms with Gasteiger partial charge in [0.05, 0.1) is 12.7 Å². The second kappa shape index (κ2) is 7.39. The number of hydrogen-bond donors (Lipinski definition) is 2. The lowest BCUT2D eigenvalue weighted by Gasteiger charge is -2.15. The van der Waals surface area contributed by atoms with Gasteiger partial charge >= 0.3 is 0 Å². The van der Waals surface area contributed by atoms with Crippen LogP contribution in [0.4, 0.5) is 0 Å². The maximum atomic E-state index is 10.0. The maximum absolute atomic E-state index is 10.0. The fourth-order valence-corrected chi connectivity index (χ4v) is 1.67. The highest BCUT2D eigenvalue weighted by Crippen LogP contribution is 2.18. The van der Waals surface area contributed by atoms with Gasteiger partial charge in [0.2, 0.25) is 0 Å². The van der Waals surface area contributed by atoms with Crippen LogP contribution in [0, 0.1) is 0 Å². The number of nitrogens with one attached hydrogen (secondary N) is 1. The van der Waals surface area contributed by atoms with E-state index in [1.807, 2.05) is 24.3 Å². The van der Waals surface area contributed by atoms with Crippen molar-refractivity contribution in [3.8, 4) is 0 Å². The van der Waals surface area contributed by atoms with Gasteiger partial charge in [-0.1, -0.05) is 31.2 Å². The molecule has 1 unspecified atom stereocenters. The molecular formula is C13H21NO2. The van der Waals surface area contributed by atoms with Crippen molar-refractivity contribution in [2.75, 3.05) is 20.2 Å². The van der Waals surface area contributed by atoms with Gasteiger partial charge in [-0.05, 0) is 24.1 Å². The zero-order valence-electron chi connectivity index (χ0n) is 10.1. The summed E-state index contributed by atoms with van der Waals surface area (Å²) >= 11 is 0. The molecule has 0 bridgehead atoms. The van der Waals surface area contributed by atoms with Gasteiger partial charge in [-0.3, -0.25) is 0 Å². The highest BCUT2D eigenvalue weighted by atomic mass is 16.5. The zero-order valence-corrected chi connectivity index (χ0v) is 10.1. The van der Waals surface area contributed by atoms with E-state index in [2.05, 4.69) is 12.2 Å². The molecule has 1 aromatic rings. The van der Waals surface area contributed by atoms with Gasteiger partial charge < -0.3 is 15.2 Å².